The normalized spacial score (nSPS) is 12.0. The van der Waals surface area contributed by atoms with Crippen molar-refractivity contribution in [3.05, 3.63) is 176 Å². The highest BCUT2D eigenvalue weighted by Gasteiger charge is 2.23. The van der Waals surface area contributed by atoms with Gasteiger partial charge in [-0.2, -0.15) is 9.97 Å². The number of fused-ring (bicyclic) bond motifs is 12. The van der Waals surface area contributed by atoms with Gasteiger partial charge < -0.3 is 8.98 Å². The highest BCUT2D eigenvalue weighted by atomic mass is 16.3. The molecule has 8 aromatic carbocycles. The van der Waals surface area contributed by atoms with E-state index in [0.29, 0.717) is 17.6 Å². The van der Waals surface area contributed by atoms with Gasteiger partial charge in [0.05, 0.1) is 22.1 Å². The Morgan fingerprint density at radius 2 is 0.945 bits per heavy atom. The Hall–Kier alpha value is -7.57. The lowest BCUT2D eigenvalue weighted by atomic mass is 10.0. The number of aromatic nitrogens is 5. The van der Waals surface area contributed by atoms with E-state index in [0.717, 1.165) is 82.4 Å². The van der Waals surface area contributed by atoms with Crippen LogP contribution in [-0.2, 0) is 0 Å². The maximum absolute atomic E-state index is 6.79. The van der Waals surface area contributed by atoms with Gasteiger partial charge in [-0.25, -0.2) is 4.98 Å². The Morgan fingerprint density at radius 1 is 0.364 bits per heavy atom. The van der Waals surface area contributed by atoms with Gasteiger partial charge in [-0.3, -0.25) is 4.57 Å². The molecule has 0 saturated heterocycles. The molecule has 0 aliphatic carbocycles. The zero-order valence-corrected chi connectivity index (χ0v) is 29.4. The largest absolute Gasteiger partial charge is 0.456 e. The fourth-order valence-electron chi connectivity index (χ4n) is 8.58. The Balaban J connectivity index is 1.17. The third-order valence-corrected chi connectivity index (χ3v) is 11.0. The molecule has 0 amide bonds. The van der Waals surface area contributed by atoms with E-state index in [2.05, 4.69) is 124 Å². The van der Waals surface area contributed by atoms with E-state index >= 15 is 0 Å². The van der Waals surface area contributed by atoms with Crippen LogP contribution in [0.5, 0.6) is 0 Å². The minimum absolute atomic E-state index is 0.559. The van der Waals surface area contributed by atoms with Gasteiger partial charge in [-0.15, -0.1) is 0 Å². The van der Waals surface area contributed by atoms with Crippen molar-refractivity contribution in [2.24, 2.45) is 0 Å². The summed E-state index contributed by atoms with van der Waals surface area (Å²) in [5.41, 5.74) is 8.92. The van der Waals surface area contributed by atoms with Crippen LogP contribution < -0.4 is 0 Å². The zero-order chi connectivity index (χ0) is 36.0. The summed E-state index contributed by atoms with van der Waals surface area (Å²) in [5.74, 6) is 1.80. The molecule has 0 N–H and O–H groups in total. The van der Waals surface area contributed by atoms with Crippen molar-refractivity contribution in [1.29, 1.82) is 0 Å². The number of hydrogen-bond donors (Lipinski definition) is 0. The van der Waals surface area contributed by atoms with Crippen LogP contribution in [0.15, 0.2) is 180 Å². The van der Waals surface area contributed by atoms with Gasteiger partial charge in [-0.1, -0.05) is 127 Å². The molecule has 0 aliphatic rings. The maximum Gasteiger partial charge on any atom is 0.238 e. The molecule has 0 bridgehead atoms. The highest BCUT2D eigenvalue weighted by molar-refractivity contribution is 6.32. The third kappa shape index (κ3) is 4.39. The van der Waals surface area contributed by atoms with Crippen LogP contribution in [0.1, 0.15) is 0 Å². The number of nitrogens with zero attached hydrogens (tertiary/aromatic N) is 5. The standard InChI is InChI=1S/C49H29N5O/c1-3-14-31(15-4-1)47-50-48(32-16-5-2-6-17-32)52-49(51-47)54-40-26-23-30-13-7-8-18-34(30)44(40)46-41(54)27-28-42-45(46)37-25-24-33(29-43(37)55-42)53-38-21-11-9-19-35(38)36-20-10-12-22-39(36)53/h1-29H. The van der Waals surface area contributed by atoms with Gasteiger partial charge in [0.1, 0.15) is 11.2 Å². The molecule has 0 aliphatic heterocycles. The van der Waals surface area contributed by atoms with E-state index in [1.54, 1.807) is 0 Å². The molecule has 0 unspecified atom stereocenters. The lowest BCUT2D eigenvalue weighted by Gasteiger charge is -2.11. The van der Waals surface area contributed by atoms with Crippen LogP contribution in [-0.4, -0.2) is 24.1 Å². The molecule has 0 radical (unpaired) electrons. The van der Waals surface area contributed by atoms with Gasteiger partial charge in [0.15, 0.2) is 11.6 Å². The van der Waals surface area contributed by atoms with Gasteiger partial charge >= 0.3 is 0 Å². The van der Waals surface area contributed by atoms with E-state index in [-0.39, 0.29) is 0 Å². The van der Waals surface area contributed by atoms with E-state index in [1.165, 1.54) is 10.8 Å². The van der Waals surface area contributed by atoms with Crippen LogP contribution in [0.3, 0.4) is 0 Å². The molecule has 6 heteroatoms. The first-order valence-electron chi connectivity index (χ1n) is 18.5. The summed E-state index contributed by atoms with van der Waals surface area (Å²) in [4.78, 5) is 15.4. The first kappa shape index (κ1) is 29.9. The summed E-state index contributed by atoms with van der Waals surface area (Å²) in [5, 5.41) is 9.16. The fraction of sp³-hybridized carbons (Fsp3) is 0. The van der Waals surface area contributed by atoms with E-state index in [4.69, 9.17) is 19.4 Å². The Labute approximate surface area is 314 Å². The zero-order valence-electron chi connectivity index (χ0n) is 29.4. The molecule has 12 aromatic rings. The van der Waals surface area contributed by atoms with Crippen LogP contribution in [0.4, 0.5) is 0 Å². The SMILES string of the molecule is c1ccc(-c2nc(-c3ccccc3)nc(-n3c4ccc5ccccc5c4c4c5c(ccc43)oc3cc(-n4c6ccccc6c6ccccc64)ccc35)n2)cc1. The molecule has 0 saturated carbocycles. The van der Waals surface area contributed by atoms with Crippen molar-refractivity contribution >= 4 is 76.3 Å². The Kier molecular flexibility index (Phi) is 6.24. The molecule has 0 spiro atoms. The average Bonchev–Trinajstić information content (AvgIpc) is 3.91. The smallest absolute Gasteiger partial charge is 0.238 e. The number of para-hydroxylation sites is 2. The van der Waals surface area contributed by atoms with Crippen molar-refractivity contribution in [1.82, 2.24) is 24.1 Å². The predicted octanol–water partition coefficient (Wildman–Crippen LogP) is 12.5. The summed E-state index contributed by atoms with van der Waals surface area (Å²) >= 11 is 0. The van der Waals surface area contributed by atoms with Crippen molar-refractivity contribution in [2.45, 2.75) is 0 Å². The second kappa shape index (κ2) is 11.5. The molecule has 0 atom stereocenters. The Morgan fingerprint density at radius 3 is 1.64 bits per heavy atom. The van der Waals surface area contributed by atoms with E-state index in [9.17, 15) is 0 Å². The molecule has 4 aromatic heterocycles. The summed E-state index contributed by atoms with van der Waals surface area (Å²) in [6, 6.07) is 61.3. The van der Waals surface area contributed by atoms with Crippen molar-refractivity contribution in [3.8, 4) is 34.4 Å². The minimum Gasteiger partial charge on any atom is -0.456 e. The summed E-state index contributed by atoms with van der Waals surface area (Å²) in [7, 11) is 0. The number of benzene rings is 8. The van der Waals surface area contributed by atoms with Gasteiger partial charge in [0.2, 0.25) is 5.95 Å². The maximum atomic E-state index is 6.79. The predicted molar refractivity (Wildman–Crippen MR) is 224 cm³/mol. The number of furan rings is 1. The van der Waals surface area contributed by atoms with Crippen molar-refractivity contribution in [2.75, 3.05) is 0 Å². The summed E-state index contributed by atoms with van der Waals surface area (Å²) in [6.07, 6.45) is 0. The van der Waals surface area contributed by atoms with Crippen molar-refractivity contribution in [3.63, 3.8) is 0 Å². The second-order valence-corrected chi connectivity index (χ2v) is 14.0. The third-order valence-electron chi connectivity index (χ3n) is 11.0. The molecule has 256 valence electrons. The topological polar surface area (TPSA) is 61.7 Å². The van der Waals surface area contributed by atoms with Crippen LogP contribution in [0.25, 0.3) is 111 Å². The second-order valence-electron chi connectivity index (χ2n) is 14.0. The van der Waals surface area contributed by atoms with Gasteiger partial charge in [0, 0.05) is 55.2 Å². The summed E-state index contributed by atoms with van der Waals surface area (Å²) < 4.78 is 11.3. The fourth-order valence-corrected chi connectivity index (χ4v) is 8.58. The molecule has 12 rings (SSSR count). The molecule has 55 heavy (non-hydrogen) atoms. The molecular weight excluding hydrogens is 675 g/mol. The first-order valence-corrected chi connectivity index (χ1v) is 18.5. The monoisotopic (exact) mass is 703 g/mol. The Bertz CT molecular complexity index is 3380. The lowest BCUT2D eigenvalue weighted by Crippen LogP contribution is -2.06. The van der Waals surface area contributed by atoms with E-state index in [1.807, 2.05) is 60.7 Å². The molecular formula is C49H29N5O. The lowest BCUT2D eigenvalue weighted by molar-refractivity contribution is 0.669. The van der Waals surface area contributed by atoms with Crippen LogP contribution >= 0.6 is 0 Å². The average molecular weight is 704 g/mol. The minimum atomic E-state index is 0.559. The van der Waals surface area contributed by atoms with Gasteiger partial charge in [-0.05, 0) is 53.2 Å². The highest BCUT2D eigenvalue weighted by Crippen LogP contribution is 2.44. The number of hydrogen-bond acceptors (Lipinski definition) is 4. The van der Waals surface area contributed by atoms with Crippen molar-refractivity contribution < 1.29 is 4.42 Å². The quantitative estimate of drug-likeness (QED) is 0.183. The van der Waals surface area contributed by atoms with Gasteiger partial charge in [0.25, 0.3) is 0 Å². The number of rotatable bonds is 4. The van der Waals surface area contributed by atoms with Crippen LogP contribution in [0.2, 0.25) is 0 Å². The first-order chi connectivity index (χ1) is 27.3. The molecule has 6 nitrogen and oxygen atoms in total. The molecule has 4 heterocycles. The molecule has 0 fully saturated rings. The summed E-state index contributed by atoms with van der Waals surface area (Å²) in [6.45, 7) is 0. The van der Waals surface area contributed by atoms with E-state index < -0.39 is 0 Å². The van der Waals surface area contributed by atoms with Crippen LogP contribution in [0, 0.1) is 0 Å².